The van der Waals surface area contributed by atoms with Crippen molar-refractivity contribution < 1.29 is 14.0 Å². The molecule has 1 spiro atoms. The predicted molar refractivity (Wildman–Crippen MR) is 90.6 cm³/mol. The van der Waals surface area contributed by atoms with Crippen LogP contribution in [0, 0.1) is 11.2 Å². The molecule has 128 valence electrons. The number of halogens is 1. The molecule has 1 atom stereocenters. The van der Waals surface area contributed by atoms with Gasteiger partial charge in [0.05, 0.1) is 17.3 Å². The second kappa shape index (κ2) is 5.95. The number of hydrogen-bond acceptors (Lipinski definition) is 3. The van der Waals surface area contributed by atoms with E-state index in [-0.39, 0.29) is 11.8 Å². The Morgan fingerprint density at radius 2 is 2.00 bits per heavy atom. The summed E-state index contributed by atoms with van der Waals surface area (Å²) < 4.78 is 13.4. The maximum atomic E-state index is 13.4. The molecule has 2 saturated heterocycles. The van der Waals surface area contributed by atoms with Gasteiger partial charge in [0.1, 0.15) is 5.82 Å². The molecular formula is C19H18FN3O2. The van der Waals surface area contributed by atoms with Gasteiger partial charge in [-0.05, 0) is 43.2 Å². The fourth-order valence-electron chi connectivity index (χ4n) is 3.81. The molecule has 4 rings (SSSR count). The second-order valence-electron chi connectivity index (χ2n) is 6.69. The van der Waals surface area contributed by atoms with E-state index in [9.17, 15) is 14.0 Å². The first-order chi connectivity index (χ1) is 12.1. The number of pyridine rings is 1. The number of benzene rings is 1. The lowest BCUT2D eigenvalue weighted by Crippen LogP contribution is -2.38. The molecule has 5 nitrogen and oxygen atoms in total. The number of amides is 2. The minimum Gasteiger partial charge on any atom is -0.338 e. The first kappa shape index (κ1) is 15.7. The predicted octanol–water partition coefficient (Wildman–Crippen LogP) is 2.49. The molecule has 3 heterocycles. The van der Waals surface area contributed by atoms with E-state index in [1.54, 1.807) is 28.3 Å². The molecule has 2 aliphatic heterocycles. The van der Waals surface area contributed by atoms with E-state index in [4.69, 9.17) is 0 Å². The number of nitrogens with zero attached hydrogens (tertiary/aromatic N) is 3. The SMILES string of the molecule is O=C(c1cccc(F)c1)N1CCC2(CCN(c3cccnc3)C2=O)C1. The summed E-state index contributed by atoms with van der Waals surface area (Å²) in [7, 11) is 0. The number of rotatable bonds is 2. The van der Waals surface area contributed by atoms with Gasteiger partial charge in [0, 0.05) is 31.4 Å². The smallest absolute Gasteiger partial charge is 0.253 e. The molecule has 1 unspecified atom stereocenters. The number of carbonyl (C=O) groups is 2. The van der Waals surface area contributed by atoms with Gasteiger partial charge in [-0.2, -0.15) is 0 Å². The van der Waals surface area contributed by atoms with Crippen LogP contribution >= 0.6 is 0 Å². The minimum atomic E-state index is -0.529. The van der Waals surface area contributed by atoms with Crippen molar-refractivity contribution in [3.05, 3.63) is 60.2 Å². The number of hydrogen-bond donors (Lipinski definition) is 0. The van der Waals surface area contributed by atoms with Crippen molar-refractivity contribution in [2.45, 2.75) is 12.8 Å². The molecule has 2 fully saturated rings. The highest BCUT2D eigenvalue weighted by atomic mass is 19.1. The van der Waals surface area contributed by atoms with E-state index in [0.717, 1.165) is 5.69 Å². The number of anilines is 1. The van der Waals surface area contributed by atoms with E-state index in [0.29, 0.717) is 38.0 Å². The van der Waals surface area contributed by atoms with E-state index in [1.807, 2.05) is 12.1 Å². The third-order valence-electron chi connectivity index (χ3n) is 5.18. The highest BCUT2D eigenvalue weighted by Gasteiger charge is 2.52. The Bertz CT molecular complexity index is 826. The molecule has 0 N–H and O–H groups in total. The maximum absolute atomic E-state index is 13.4. The largest absolute Gasteiger partial charge is 0.338 e. The average molecular weight is 339 g/mol. The summed E-state index contributed by atoms with van der Waals surface area (Å²) in [5, 5.41) is 0. The Hall–Kier alpha value is -2.76. The van der Waals surface area contributed by atoms with Crippen LogP contribution in [0.25, 0.3) is 0 Å². The van der Waals surface area contributed by atoms with Gasteiger partial charge in [-0.1, -0.05) is 6.07 Å². The Morgan fingerprint density at radius 3 is 2.76 bits per heavy atom. The topological polar surface area (TPSA) is 53.5 Å². The standard InChI is InChI=1S/C19H18FN3O2/c20-15-4-1-3-14(11-15)17(24)22-9-6-19(13-22)7-10-23(18(19)25)16-5-2-8-21-12-16/h1-5,8,11-12H,6-7,9-10,13H2. The number of carbonyl (C=O) groups excluding carboxylic acids is 2. The van der Waals surface area contributed by atoms with Crippen LogP contribution in [-0.2, 0) is 4.79 Å². The Morgan fingerprint density at radius 1 is 1.16 bits per heavy atom. The zero-order valence-corrected chi connectivity index (χ0v) is 13.7. The van der Waals surface area contributed by atoms with Crippen molar-refractivity contribution >= 4 is 17.5 Å². The third kappa shape index (κ3) is 2.67. The molecule has 1 aromatic heterocycles. The van der Waals surface area contributed by atoms with Crippen LogP contribution in [0.4, 0.5) is 10.1 Å². The van der Waals surface area contributed by atoms with E-state index in [2.05, 4.69) is 4.98 Å². The van der Waals surface area contributed by atoms with Gasteiger partial charge in [-0.3, -0.25) is 14.6 Å². The first-order valence-corrected chi connectivity index (χ1v) is 8.36. The van der Waals surface area contributed by atoms with E-state index >= 15 is 0 Å². The quantitative estimate of drug-likeness (QED) is 0.845. The molecular weight excluding hydrogens is 321 g/mol. The molecule has 2 amide bonds. The molecule has 25 heavy (non-hydrogen) atoms. The molecule has 0 saturated carbocycles. The van der Waals surface area contributed by atoms with Crippen molar-refractivity contribution in [1.29, 1.82) is 0 Å². The summed E-state index contributed by atoms with van der Waals surface area (Å²) >= 11 is 0. The molecule has 0 bridgehead atoms. The van der Waals surface area contributed by atoms with Gasteiger partial charge in [0.2, 0.25) is 5.91 Å². The fraction of sp³-hybridized carbons (Fsp3) is 0.316. The van der Waals surface area contributed by atoms with Crippen molar-refractivity contribution in [2.75, 3.05) is 24.5 Å². The molecule has 6 heteroatoms. The van der Waals surface area contributed by atoms with Crippen LogP contribution in [0.5, 0.6) is 0 Å². The molecule has 0 aliphatic carbocycles. The molecule has 2 aromatic rings. The normalized spacial score (nSPS) is 22.8. The summed E-state index contributed by atoms with van der Waals surface area (Å²) in [4.78, 5) is 33.1. The Labute approximate surface area is 145 Å². The minimum absolute atomic E-state index is 0.0510. The number of aromatic nitrogens is 1. The third-order valence-corrected chi connectivity index (χ3v) is 5.18. The van der Waals surface area contributed by atoms with Crippen LogP contribution in [0.15, 0.2) is 48.8 Å². The van der Waals surface area contributed by atoms with Crippen LogP contribution in [0.2, 0.25) is 0 Å². The van der Waals surface area contributed by atoms with Crippen molar-refractivity contribution in [3.8, 4) is 0 Å². The average Bonchev–Trinajstić information content (AvgIpc) is 3.21. The maximum Gasteiger partial charge on any atom is 0.253 e. The number of likely N-dealkylation sites (tertiary alicyclic amines) is 1. The van der Waals surface area contributed by atoms with Gasteiger partial charge in [-0.15, -0.1) is 0 Å². The van der Waals surface area contributed by atoms with Crippen LogP contribution in [-0.4, -0.2) is 41.3 Å². The van der Waals surface area contributed by atoms with Gasteiger partial charge in [0.25, 0.3) is 5.91 Å². The highest BCUT2D eigenvalue weighted by molar-refractivity contribution is 6.01. The zero-order valence-electron chi connectivity index (χ0n) is 13.7. The van der Waals surface area contributed by atoms with Gasteiger partial charge >= 0.3 is 0 Å². The van der Waals surface area contributed by atoms with Crippen LogP contribution in [0.3, 0.4) is 0 Å². The van der Waals surface area contributed by atoms with Gasteiger partial charge < -0.3 is 9.80 Å². The van der Waals surface area contributed by atoms with Crippen molar-refractivity contribution in [1.82, 2.24) is 9.88 Å². The summed E-state index contributed by atoms with van der Waals surface area (Å²) in [6.45, 7) is 1.53. The van der Waals surface area contributed by atoms with Crippen LogP contribution < -0.4 is 4.90 Å². The zero-order chi connectivity index (χ0) is 17.4. The monoisotopic (exact) mass is 339 g/mol. The lowest BCUT2D eigenvalue weighted by Gasteiger charge is -2.23. The summed E-state index contributed by atoms with van der Waals surface area (Å²) in [6.07, 6.45) is 4.72. The Balaban J connectivity index is 1.52. The molecule has 2 aliphatic rings. The van der Waals surface area contributed by atoms with Crippen molar-refractivity contribution in [2.24, 2.45) is 5.41 Å². The fourth-order valence-corrected chi connectivity index (χ4v) is 3.81. The van der Waals surface area contributed by atoms with Gasteiger partial charge in [0.15, 0.2) is 0 Å². The second-order valence-corrected chi connectivity index (χ2v) is 6.69. The highest BCUT2D eigenvalue weighted by Crippen LogP contribution is 2.42. The summed E-state index contributed by atoms with van der Waals surface area (Å²) in [5.74, 6) is -0.599. The first-order valence-electron chi connectivity index (χ1n) is 8.36. The molecule has 0 radical (unpaired) electrons. The van der Waals surface area contributed by atoms with Gasteiger partial charge in [-0.25, -0.2) is 4.39 Å². The summed E-state index contributed by atoms with van der Waals surface area (Å²) in [6, 6.07) is 9.37. The Kier molecular flexibility index (Phi) is 3.75. The van der Waals surface area contributed by atoms with E-state index < -0.39 is 11.2 Å². The van der Waals surface area contributed by atoms with Crippen molar-refractivity contribution in [3.63, 3.8) is 0 Å². The molecule has 1 aromatic carbocycles. The lowest BCUT2D eigenvalue weighted by molar-refractivity contribution is -0.124. The lowest BCUT2D eigenvalue weighted by atomic mass is 9.85. The summed E-state index contributed by atoms with van der Waals surface area (Å²) in [5.41, 5.74) is 0.588. The van der Waals surface area contributed by atoms with E-state index in [1.165, 1.54) is 18.2 Å². The van der Waals surface area contributed by atoms with Crippen LogP contribution in [0.1, 0.15) is 23.2 Å².